The number of carbonyl (C=O) groups is 3. The maximum absolute atomic E-state index is 14.0. The summed E-state index contributed by atoms with van der Waals surface area (Å²) >= 11 is 0. The number of rotatable bonds is 12. The number of hydrogen-bond acceptors (Lipinski definition) is 9. The van der Waals surface area contributed by atoms with Gasteiger partial charge in [-0.15, -0.1) is 0 Å². The summed E-state index contributed by atoms with van der Waals surface area (Å²) in [5, 5.41) is 4.74. The Bertz CT molecular complexity index is 2370. The average Bonchev–Trinajstić information content (AvgIpc) is 4.04. The summed E-state index contributed by atoms with van der Waals surface area (Å²) in [6.45, 7) is 10.5. The standard InChI is InChI=1S/C45H54N7O7/c1-24(2)12-39(53)51-19-26(21-56-5)13-36(51)42-46-18-35(48-42)29-8-10-31-30(15-29)23-59-38-17-32-28(16-33(31)38)9-11-34-41(32)49-43(47-34)37-14-27(22-57-6)20-52(37)44(54)40(25(3)4)50-45(55)58-7/h8-12,15-18,24-27,36-37,40H,13-14,19-23H2,1-7H3,(H,46,48)(H,47,49)(H,50,55)/t26-,27-,36-,37-,40-/m0/s1. The van der Waals surface area contributed by atoms with E-state index in [-0.39, 0.29) is 47.6 Å². The average molecular weight is 805 g/mol. The molecule has 2 saturated heterocycles. The molecular weight excluding hydrogens is 751 g/mol. The molecule has 3 amide bonds. The third-order valence-corrected chi connectivity index (χ3v) is 11.9. The lowest BCUT2D eigenvalue weighted by molar-refractivity contribution is -0.135. The van der Waals surface area contributed by atoms with Crippen LogP contribution >= 0.6 is 0 Å². The number of fused-ring (bicyclic) bond motifs is 6. The zero-order chi connectivity index (χ0) is 41.5. The number of nitrogens with one attached hydrogen (secondary N) is 3. The van der Waals surface area contributed by atoms with Gasteiger partial charge in [0.15, 0.2) is 0 Å². The van der Waals surface area contributed by atoms with Crippen molar-refractivity contribution in [3.63, 3.8) is 0 Å². The van der Waals surface area contributed by atoms with Gasteiger partial charge in [-0.3, -0.25) is 9.59 Å². The van der Waals surface area contributed by atoms with E-state index >= 15 is 0 Å². The summed E-state index contributed by atoms with van der Waals surface area (Å²) in [7, 11) is 4.66. The number of ether oxygens (including phenoxy) is 4. The van der Waals surface area contributed by atoms with Gasteiger partial charge in [-0.2, -0.15) is 0 Å². The predicted molar refractivity (Wildman–Crippen MR) is 223 cm³/mol. The van der Waals surface area contributed by atoms with Crippen molar-refractivity contribution in [3.8, 4) is 28.1 Å². The van der Waals surface area contributed by atoms with Crippen LogP contribution in [0, 0.1) is 30.1 Å². The molecule has 3 aromatic carbocycles. The Hall–Kier alpha value is -5.47. The van der Waals surface area contributed by atoms with E-state index in [0.717, 1.165) is 67.7 Å². The van der Waals surface area contributed by atoms with Crippen molar-refractivity contribution < 1.29 is 33.3 Å². The molecule has 8 rings (SSSR count). The van der Waals surface area contributed by atoms with Gasteiger partial charge in [-0.25, -0.2) is 14.8 Å². The fourth-order valence-corrected chi connectivity index (χ4v) is 9.11. The van der Waals surface area contributed by atoms with Crippen molar-refractivity contribution in [2.24, 2.45) is 23.7 Å². The van der Waals surface area contributed by atoms with Crippen molar-refractivity contribution in [2.45, 2.75) is 65.3 Å². The lowest BCUT2D eigenvalue weighted by atomic mass is 9.92. The topological polar surface area (TPSA) is 164 Å². The molecule has 0 bridgehead atoms. The van der Waals surface area contributed by atoms with E-state index in [1.54, 1.807) is 20.6 Å². The highest BCUT2D eigenvalue weighted by Gasteiger charge is 2.42. The number of nitrogens with zero attached hydrogens (tertiary/aromatic N) is 4. The first-order valence-electron chi connectivity index (χ1n) is 20.5. The largest absolute Gasteiger partial charge is 0.488 e. The van der Waals surface area contributed by atoms with Crippen molar-refractivity contribution >= 4 is 39.7 Å². The first-order valence-corrected chi connectivity index (χ1v) is 20.5. The maximum Gasteiger partial charge on any atom is 0.407 e. The smallest absolute Gasteiger partial charge is 0.407 e. The van der Waals surface area contributed by atoms with Crippen LogP contribution in [0.4, 0.5) is 4.79 Å². The third-order valence-electron chi connectivity index (χ3n) is 11.9. The van der Waals surface area contributed by atoms with E-state index in [9.17, 15) is 14.4 Å². The highest BCUT2D eigenvalue weighted by atomic mass is 16.5. The maximum atomic E-state index is 14.0. The first-order chi connectivity index (χ1) is 28.5. The molecule has 5 aromatic rings. The molecule has 1 radical (unpaired) electrons. The molecule has 3 aliphatic rings. The van der Waals surface area contributed by atoms with Crippen LogP contribution in [0.25, 0.3) is 44.2 Å². The quantitative estimate of drug-likeness (QED) is 0.121. The third kappa shape index (κ3) is 7.87. The zero-order valence-electron chi connectivity index (χ0n) is 34.8. The molecule has 0 saturated carbocycles. The summed E-state index contributed by atoms with van der Waals surface area (Å²) < 4.78 is 22.2. The minimum absolute atomic E-state index is 0.0297. The Kier molecular flexibility index (Phi) is 11.4. The molecule has 14 heteroatoms. The second kappa shape index (κ2) is 16.6. The summed E-state index contributed by atoms with van der Waals surface area (Å²) in [5.74, 6) is 2.45. The molecule has 59 heavy (non-hydrogen) atoms. The fourth-order valence-electron chi connectivity index (χ4n) is 9.11. The fraction of sp³-hybridized carbons (Fsp3) is 0.467. The van der Waals surface area contributed by atoms with Gasteiger partial charge in [-0.05, 0) is 71.0 Å². The number of methoxy groups -OCH3 is 3. The van der Waals surface area contributed by atoms with Gasteiger partial charge in [-0.1, -0.05) is 45.9 Å². The summed E-state index contributed by atoms with van der Waals surface area (Å²) in [5.41, 5.74) is 6.72. The molecule has 0 unspecified atom stereocenters. The van der Waals surface area contributed by atoms with Gasteiger partial charge in [0.1, 0.15) is 30.0 Å². The van der Waals surface area contributed by atoms with E-state index < -0.39 is 12.1 Å². The number of alkyl carbamates (subject to hydrolysis) is 1. The van der Waals surface area contributed by atoms with E-state index in [0.29, 0.717) is 45.2 Å². The molecule has 2 aromatic heterocycles. The van der Waals surface area contributed by atoms with Crippen LogP contribution in [0.5, 0.6) is 5.75 Å². The number of hydrogen-bond donors (Lipinski definition) is 3. The van der Waals surface area contributed by atoms with E-state index in [2.05, 4.69) is 51.7 Å². The van der Waals surface area contributed by atoms with Crippen LogP contribution in [0.2, 0.25) is 0 Å². The van der Waals surface area contributed by atoms with Gasteiger partial charge in [0, 0.05) is 50.1 Å². The monoisotopic (exact) mass is 804 g/mol. The van der Waals surface area contributed by atoms with Crippen molar-refractivity contribution in [1.29, 1.82) is 0 Å². The Morgan fingerprint density at radius 2 is 1.63 bits per heavy atom. The van der Waals surface area contributed by atoms with Crippen LogP contribution in [0.15, 0.2) is 48.7 Å². The minimum atomic E-state index is -0.751. The second-order valence-electron chi connectivity index (χ2n) is 16.9. The van der Waals surface area contributed by atoms with Crippen LogP contribution in [0.1, 0.15) is 69.8 Å². The number of H-pyrrole nitrogens is 2. The minimum Gasteiger partial charge on any atom is -0.488 e. The van der Waals surface area contributed by atoms with E-state index in [4.69, 9.17) is 28.9 Å². The molecule has 5 heterocycles. The Morgan fingerprint density at radius 1 is 0.898 bits per heavy atom. The van der Waals surface area contributed by atoms with Gasteiger partial charge >= 0.3 is 6.09 Å². The lowest BCUT2D eigenvalue weighted by Crippen LogP contribution is -2.51. The first kappa shape index (κ1) is 40.3. The molecule has 3 aliphatic heterocycles. The van der Waals surface area contributed by atoms with Crippen LogP contribution < -0.4 is 10.1 Å². The number of aromatic amines is 2. The number of carbonyl (C=O) groups excluding carboxylic acids is 3. The van der Waals surface area contributed by atoms with Crippen molar-refractivity contribution in [2.75, 3.05) is 47.6 Å². The van der Waals surface area contributed by atoms with Crippen LogP contribution in [0.3, 0.4) is 0 Å². The van der Waals surface area contributed by atoms with Gasteiger partial charge in [0.2, 0.25) is 11.8 Å². The van der Waals surface area contributed by atoms with Gasteiger partial charge in [0.25, 0.3) is 0 Å². The summed E-state index contributed by atoms with van der Waals surface area (Å²) in [6, 6.07) is 13.5. The highest BCUT2D eigenvalue weighted by molar-refractivity contribution is 6.07. The van der Waals surface area contributed by atoms with E-state index in [1.807, 2.05) is 49.8 Å². The Morgan fingerprint density at radius 3 is 2.32 bits per heavy atom. The van der Waals surface area contributed by atoms with Crippen molar-refractivity contribution in [3.05, 3.63) is 72.3 Å². The molecule has 14 nitrogen and oxygen atoms in total. The van der Waals surface area contributed by atoms with Gasteiger partial charge in [0.05, 0.1) is 61.8 Å². The summed E-state index contributed by atoms with van der Waals surface area (Å²) in [6.07, 6.45) is 4.44. The SMILES string of the molecule is COC[C@H]1C[C@@H](c2ncc(-c3ccc4c(c3)COc3cc5c(ccc6nc([C@@H]7C[C@H](COC)CN7C(=O)[C@@H](NC(=O)OC)C(C)C)[nH]c65)cc3-4)[nH]2)N(C(=O)[CH]C(C)C)C1. The number of imidazole rings is 2. The number of benzene rings is 3. The van der Waals surface area contributed by atoms with E-state index in [1.165, 1.54) is 7.11 Å². The van der Waals surface area contributed by atoms with Crippen molar-refractivity contribution in [1.82, 2.24) is 35.1 Å². The van der Waals surface area contributed by atoms with Crippen LogP contribution in [-0.2, 0) is 30.4 Å². The molecular formula is C45H54N7O7. The molecule has 2 fully saturated rings. The predicted octanol–water partition coefficient (Wildman–Crippen LogP) is 6.98. The van der Waals surface area contributed by atoms with Gasteiger partial charge < -0.3 is 44.0 Å². The molecule has 5 atom stereocenters. The number of amides is 3. The second-order valence-corrected chi connectivity index (χ2v) is 16.9. The Labute approximate surface area is 344 Å². The molecule has 311 valence electrons. The highest BCUT2D eigenvalue weighted by Crippen LogP contribution is 2.44. The molecule has 0 spiro atoms. The molecule has 3 N–H and O–H groups in total. The normalized spacial score (nSPS) is 20.6. The number of aromatic nitrogens is 4. The Balaban J connectivity index is 1.06. The zero-order valence-corrected chi connectivity index (χ0v) is 34.8. The summed E-state index contributed by atoms with van der Waals surface area (Å²) in [4.78, 5) is 60.1. The van der Waals surface area contributed by atoms with Crippen LogP contribution in [-0.4, -0.2) is 101 Å². The molecule has 0 aliphatic carbocycles. The number of likely N-dealkylation sites (tertiary alicyclic amines) is 2. The lowest BCUT2D eigenvalue weighted by Gasteiger charge is -2.30.